The smallest absolute Gasteiger partial charge is 0.305 e. The van der Waals surface area contributed by atoms with Gasteiger partial charge in [-0.15, -0.1) is 0 Å². The Labute approximate surface area is 145 Å². The van der Waals surface area contributed by atoms with Crippen LogP contribution >= 0.6 is 0 Å². The molecule has 0 radical (unpaired) electrons. The van der Waals surface area contributed by atoms with Gasteiger partial charge in [0.2, 0.25) is 10.0 Å². The SMILES string of the molecule is CN1CCCN(S(=O)(=O)c2ccc3c(c2)n(C)c(=O)c(=O)n3C)CC1. The van der Waals surface area contributed by atoms with E-state index in [-0.39, 0.29) is 4.90 Å². The van der Waals surface area contributed by atoms with Crippen LogP contribution in [0.5, 0.6) is 0 Å². The summed E-state index contributed by atoms with van der Waals surface area (Å²) < 4.78 is 29.9. The molecule has 0 aliphatic carbocycles. The number of likely N-dealkylation sites (N-methyl/N-ethyl adjacent to an activating group) is 1. The topological polar surface area (TPSA) is 84.6 Å². The third kappa shape index (κ3) is 3.03. The first-order valence-corrected chi connectivity index (χ1v) is 9.56. The third-order valence-electron chi connectivity index (χ3n) is 4.78. The van der Waals surface area contributed by atoms with E-state index in [4.69, 9.17) is 0 Å². The van der Waals surface area contributed by atoms with E-state index in [1.165, 1.54) is 39.7 Å². The monoisotopic (exact) mass is 366 g/mol. The van der Waals surface area contributed by atoms with Crippen LogP contribution < -0.4 is 11.1 Å². The standard InChI is InChI=1S/C16H22N4O4S/c1-17-7-4-8-20(10-9-17)25(23,24)12-5-6-13-14(11-12)19(3)16(22)15(21)18(13)2/h5-6,11H,4,7-10H2,1-3H3. The van der Waals surface area contributed by atoms with Crippen LogP contribution in [0.25, 0.3) is 11.0 Å². The molecule has 2 heterocycles. The minimum atomic E-state index is -3.65. The number of hydrogen-bond acceptors (Lipinski definition) is 5. The quantitative estimate of drug-likeness (QED) is 0.673. The Morgan fingerprint density at radius 3 is 2.16 bits per heavy atom. The van der Waals surface area contributed by atoms with E-state index in [1.54, 1.807) is 6.07 Å². The maximum Gasteiger partial charge on any atom is 0.316 e. The van der Waals surface area contributed by atoms with Gasteiger partial charge in [0.25, 0.3) is 0 Å². The molecule has 9 heteroatoms. The fourth-order valence-electron chi connectivity index (χ4n) is 3.13. The van der Waals surface area contributed by atoms with Gasteiger partial charge >= 0.3 is 11.1 Å². The molecule has 0 saturated carbocycles. The Balaban J connectivity index is 2.13. The lowest BCUT2D eigenvalue weighted by Gasteiger charge is -2.20. The van der Waals surface area contributed by atoms with Crippen LogP contribution in [0.15, 0.2) is 32.7 Å². The van der Waals surface area contributed by atoms with Crippen molar-refractivity contribution in [3.63, 3.8) is 0 Å². The number of hydrogen-bond donors (Lipinski definition) is 0. The molecular weight excluding hydrogens is 344 g/mol. The molecule has 3 rings (SSSR count). The van der Waals surface area contributed by atoms with Crippen molar-refractivity contribution >= 4 is 21.1 Å². The van der Waals surface area contributed by atoms with Gasteiger partial charge in [-0.25, -0.2) is 8.42 Å². The second-order valence-corrected chi connectivity index (χ2v) is 8.38. The number of aromatic nitrogens is 2. The summed E-state index contributed by atoms with van der Waals surface area (Å²) in [5.74, 6) is 0. The summed E-state index contributed by atoms with van der Waals surface area (Å²) in [6, 6.07) is 4.54. The minimum Gasteiger partial charge on any atom is -0.305 e. The highest BCUT2D eigenvalue weighted by Gasteiger charge is 2.26. The molecule has 0 bridgehead atoms. The van der Waals surface area contributed by atoms with Crippen molar-refractivity contribution in [3.8, 4) is 0 Å². The Bertz CT molecular complexity index is 1040. The maximum absolute atomic E-state index is 13.0. The highest BCUT2D eigenvalue weighted by atomic mass is 32.2. The maximum atomic E-state index is 13.0. The number of rotatable bonds is 2. The first-order valence-electron chi connectivity index (χ1n) is 8.12. The van der Waals surface area contributed by atoms with E-state index in [1.807, 2.05) is 7.05 Å². The Hall–Kier alpha value is -1.97. The number of nitrogens with zero attached hydrogens (tertiary/aromatic N) is 4. The summed E-state index contributed by atoms with van der Waals surface area (Å²) in [7, 11) is 1.31. The summed E-state index contributed by atoms with van der Waals surface area (Å²) >= 11 is 0. The third-order valence-corrected chi connectivity index (χ3v) is 6.67. The van der Waals surface area contributed by atoms with Crippen LogP contribution in [0.2, 0.25) is 0 Å². The zero-order valence-corrected chi connectivity index (χ0v) is 15.4. The minimum absolute atomic E-state index is 0.137. The van der Waals surface area contributed by atoms with E-state index in [0.29, 0.717) is 30.7 Å². The molecule has 0 amide bonds. The number of fused-ring (bicyclic) bond motifs is 1. The molecule has 25 heavy (non-hydrogen) atoms. The summed E-state index contributed by atoms with van der Waals surface area (Å²) in [4.78, 5) is 26.2. The molecule has 0 spiro atoms. The van der Waals surface area contributed by atoms with Crippen molar-refractivity contribution in [3.05, 3.63) is 38.9 Å². The predicted molar refractivity (Wildman–Crippen MR) is 95.3 cm³/mol. The summed E-state index contributed by atoms with van der Waals surface area (Å²) in [6.07, 6.45) is 0.774. The van der Waals surface area contributed by atoms with Gasteiger partial charge < -0.3 is 14.0 Å². The van der Waals surface area contributed by atoms with Crippen LogP contribution in [-0.4, -0.2) is 60.0 Å². The van der Waals surface area contributed by atoms with Crippen LogP contribution in [-0.2, 0) is 24.1 Å². The molecule has 1 aromatic heterocycles. The van der Waals surface area contributed by atoms with Crippen molar-refractivity contribution in [1.82, 2.24) is 18.3 Å². The highest BCUT2D eigenvalue weighted by molar-refractivity contribution is 7.89. The van der Waals surface area contributed by atoms with Crippen molar-refractivity contribution in [1.29, 1.82) is 0 Å². The van der Waals surface area contributed by atoms with Crippen molar-refractivity contribution in [2.75, 3.05) is 33.2 Å². The van der Waals surface area contributed by atoms with Gasteiger partial charge in [0.15, 0.2) is 0 Å². The molecule has 1 aromatic carbocycles. The van der Waals surface area contributed by atoms with Gasteiger partial charge in [0, 0.05) is 33.7 Å². The lowest BCUT2D eigenvalue weighted by molar-refractivity contribution is 0.347. The lowest BCUT2D eigenvalue weighted by atomic mass is 10.3. The summed E-state index contributed by atoms with van der Waals surface area (Å²) in [5.41, 5.74) is -0.385. The Morgan fingerprint density at radius 2 is 1.48 bits per heavy atom. The van der Waals surface area contributed by atoms with Crippen molar-refractivity contribution < 1.29 is 8.42 Å². The van der Waals surface area contributed by atoms with E-state index in [9.17, 15) is 18.0 Å². The molecule has 2 aromatic rings. The van der Waals surface area contributed by atoms with Gasteiger partial charge in [0.1, 0.15) is 0 Å². The lowest BCUT2D eigenvalue weighted by Crippen LogP contribution is -2.39. The average molecular weight is 366 g/mol. The zero-order chi connectivity index (χ0) is 18.4. The van der Waals surface area contributed by atoms with Gasteiger partial charge in [-0.1, -0.05) is 0 Å². The molecule has 0 N–H and O–H groups in total. The molecule has 136 valence electrons. The van der Waals surface area contributed by atoms with Gasteiger partial charge in [-0.2, -0.15) is 4.31 Å². The van der Waals surface area contributed by atoms with Crippen LogP contribution in [0.1, 0.15) is 6.42 Å². The van der Waals surface area contributed by atoms with E-state index in [0.717, 1.165) is 13.0 Å². The van der Waals surface area contributed by atoms with Crippen LogP contribution in [0.3, 0.4) is 0 Å². The number of sulfonamides is 1. The largest absolute Gasteiger partial charge is 0.316 e. The van der Waals surface area contributed by atoms with E-state index < -0.39 is 21.1 Å². The molecule has 1 saturated heterocycles. The molecule has 1 aliphatic heterocycles. The molecule has 8 nitrogen and oxygen atoms in total. The fraction of sp³-hybridized carbons (Fsp3) is 0.500. The molecule has 0 unspecified atom stereocenters. The molecular formula is C16H22N4O4S. The summed E-state index contributed by atoms with van der Waals surface area (Å²) in [5, 5.41) is 0. The Kier molecular flexibility index (Phi) is 4.56. The van der Waals surface area contributed by atoms with E-state index >= 15 is 0 Å². The first-order chi connectivity index (χ1) is 11.7. The Morgan fingerprint density at radius 1 is 0.840 bits per heavy atom. The number of aryl methyl sites for hydroxylation is 2. The van der Waals surface area contributed by atoms with Crippen molar-refractivity contribution in [2.24, 2.45) is 14.1 Å². The molecule has 0 atom stereocenters. The van der Waals surface area contributed by atoms with Crippen LogP contribution in [0, 0.1) is 0 Å². The van der Waals surface area contributed by atoms with Gasteiger partial charge in [-0.3, -0.25) is 9.59 Å². The van der Waals surface area contributed by atoms with Gasteiger partial charge in [-0.05, 0) is 38.2 Å². The van der Waals surface area contributed by atoms with Crippen molar-refractivity contribution in [2.45, 2.75) is 11.3 Å². The second-order valence-electron chi connectivity index (χ2n) is 6.44. The normalized spacial score (nSPS) is 17.7. The highest BCUT2D eigenvalue weighted by Crippen LogP contribution is 2.21. The fourth-order valence-corrected chi connectivity index (χ4v) is 4.62. The number of benzene rings is 1. The summed E-state index contributed by atoms with van der Waals surface area (Å²) in [6.45, 7) is 2.44. The first kappa shape index (κ1) is 17.8. The molecule has 1 aliphatic rings. The van der Waals surface area contributed by atoms with Crippen LogP contribution in [0.4, 0.5) is 0 Å². The second kappa shape index (κ2) is 6.40. The average Bonchev–Trinajstić information content (AvgIpc) is 2.82. The predicted octanol–water partition coefficient (Wildman–Crippen LogP) is -0.437. The van der Waals surface area contributed by atoms with Gasteiger partial charge in [0.05, 0.1) is 15.9 Å². The molecule has 1 fully saturated rings. The van der Waals surface area contributed by atoms with E-state index in [2.05, 4.69) is 4.90 Å². The zero-order valence-electron chi connectivity index (χ0n) is 14.6.